The Morgan fingerprint density at radius 2 is 2.00 bits per heavy atom. The third-order valence-corrected chi connectivity index (χ3v) is 11.6. The highest BCUT2D eigenvalue weighted by Gasteiger charge is 2.71. The number of fused-ring (bicyclic) bond motifs is 4. The van der Waals surface area contributed by atoms with Gasteiger partial charge in [-0.3, -0.25) is 4.79 Å². The average molecular weight is 311 g/mol. The summed E-state index contributed by atoms with van der Waals surface area (Å²) in [6.45, 7) is 14.2. The van der Waals surface area contributed by atoms with Crippen LogP contribution in [0.15, 0.2) is 0 Å². The Hall–Kier alpha value is -0.353. The molecule has 3 fully saturated rings. The fourth-order valence-electron chi connectivity index (χ4n) is 4.66. The van der Waals surface area contributed by atoms with Gasteiger partial charge in [0.2, 0.25) is 0 Å². The average Bonchev–Trinajstić information content (AvgIpc) is 2.84. The predicted molar refractivity (Wildman–Crippen MR) is 85.5 cm³/mol. The summed E-state index contributed by atoms with van der Waals surface area (Å²) in [5.41, 5.74) is 0.0423. The molecule has 1 aliphatic heterocycles. The number of carbonyl (C=O) groups is 1. The zero-order valence-electron chi connectivity index (χ0n) is 14.4. The number of carbonyl (C=O) groups excluding carboxylic acids is 1. The lowest BCUT2D eigenvalue weighted by Crippen LogP contribution is -2.57. The van der Waals surface area contributed by atoms with Crippen molar-refractivity contribution in [2.24, 2.45) is 23.2 Å². The van der Waals surface area contributed by atoms with Crippen molar-refractivity contribution in [2.45, 2.75) is 71.2 Å². The Morgan fingerprint density at radius 1 is 1.33 bits per heavy atom. The van der Waals surface area contributed by atoms with Gasteiger partial charge in [0, 0.05) is 5.41 Å². The standard InChI is InChI=1S/C17H30O3Si/c1-16(2,3)21(5,6)19-10-13-17(4)12-9-7-8-11(12)14(17)15(18)20-13/h11-14H,7-10H2,1-6H3/t11-,12+,13-,14-,17+/m0/s1. The van der Waals surface area contributed by atoms with Gasteiger partial charge in [0.05, 0.1) is 12.5 Å². The Morgan fingerprint density at radius 3 is 2.62 bits per heavy atom. The lowest BCUT2D eigenvalue weighted by Gasteiger charge is -2.53. The number of hydrogen-bond donors (Lipinski definition) is 0. The monoisotopic (exact) mass is 310 g/mol. The molecule has 120 valence electrons. The normalized spacial score (nSPS) is 42.3. The fraction of sp³-hybridized carbons (Fsp3) is 0.941. The molecule has 0 spiro atoms. The van der Waals surface area contributed by atoms with Crippen molar-refractivity contribution in [3.05, 3.63) is 0 Å². The van der Waals surface area contributed by atoms with Gasteiger partial charge >= 0.3 is 5.97 Å². The third-order valence-electron chi connectivity index (χ3n) is 7.07. The van der Waals surface area contributed by atoms with Crippen LogP contribution in [0.1, 0.15) is 47.0 Å². The number of rotatable bonds is 3. The van der Waals surface area contributed by atoms with Gasteiger partial charge in [0.1, 0.15) is 6.10 Å². The van der Waals surface area contributed by atoms with Crippen molar-refractivity contribution < 1.29 is 14.0 Å². The van der Waals surface area contributed by atoms with Crippen molar-refractivity contribution in [3.8, 4) is 0 Å². The van der Waals surface area contributed by atoms with E-state index in [1.165, 1.54) is 19.3 Å². The SMILES string of the molecule is CC(C)(C)[Si](C)(C)OC[C@@H]1OC(=O)[C@@H]2[C@H]3CCC[C@H]3[C@]12C. The molecular formula is C17H30O3Si. The van der Waals surface area contributed by atoms with Crippen LogP contribution in [0.5, 0.6) is 0 Å². The van der Waals surface area contributed by atoms with Crippen molar-refractivity contribution in [1.29, 1.82) is 0 Å². The summed E-state index contributed by atoms with van der Waals surface area (Å²) in [4.78, 5) is 12.2. The van der Waals surface area contributed by atoms with Crippen LogP contribution in [0, 0.1) is 23.2 Å². The van der Waals surface area contributed by atoms with E-state index in [-0.39, 0.29) is 28.4 Å². The maximum absolute atomic E-state index is 12.2. The topological polar surface area (TPSA) is 35.5 Å². The predicted octanol–water partition coefficient (Wildman–Crippen LogP) is 3.99. The van der Waals surface area contributed by atoms with Gasteiger partial charge in [0.25, 0.3) is 0 Å². The third kappa shape index (κ3) is 2.05. The molecule has 3 aliphatic rings. The Kier molecular flexibility index (Phi) is 3.38. The van der Waals surface area contributed by atoms with E-state index in [4.69, 9.17) is 9.16 Å². The molecule has 1 heterocycles. The highest BCUT2D eigenvalue weighted by molar-refractivity contribution is 6.74. The molecule has 0 aromatic carbocycles. The molecule has 0 bridgehead atoms. The molecule has 0 radical (unpaired) electrons. The smallest absolute Gasteiger partial charge is 0.310 e. The van der Waals surface area contributed by atoms with E-state index in [0.717, 1.165) is 0 Å². The second-order valence-electron chi connectivity index (χ2n) is 9.04. The molecule has 3 nitrogen and oxygen atoms in total. The first-order valence-electron chi connectivity index (χ1n) is 8.43. The molecule has 0 N–H and O–H groups in total. The zero-order valence-corrected chi connectivity index (χ0v) is 15.4. The largest absolute Gasteiger partial charge is 0.459 e. The Labute approximate surface area is 129 Å². The second kappa shape index (κ2) is 4.57. The first kappa shape index (κ1) is 15.5. The molecule has 2 saturated carbocycles. The molecule has 0 aromatic rings. The quantitative estimate of drug-likeness (QED) is 0.584. The van der Waals surface area contributed by atoms with Gasteiger partial charge < -0.3 is 9.16 Å². The van der Waals surface area contributed by atoms with Crippen LogP contribution in [0.2, 0.25) is 18.1 Å². The maximum Gasteiger partial charge on any atom is 0.310 e. The molecule has 2 aliphatic carbocycles. The van der Waals surface area contributed by atoms with Crippen molar-refractivity contribution in [1.82, 2.24) is 0 Å². The van der Waals surface area contributed by atoms with Gasteiger partial charge in [0.15, 0.2) is 8.32 Å². The van der Waals surface area contributed by atoms with E-state index >= 15 is 0 Å². The van der Waals surface area contributed by atoms with Gasteiger partial charge in [-0.15, -0.1) is 0 Å². The van der Waals surface area contributed by atoms with Crippen molar-refractivity contribution >= 4 is 14.3 Å². The van der Waals surface area contributed by atoms with E-state index in [0.29, 0.717) is 18.4 Å². The van der Waals surface area contributed by atoms with E-state index in [2.05, 4.69) is 40.8 Å². The summed E-state index contributed by atoms with van der Waals surface area (Å²) in [5, 5.41) is 0.200. The maximum atomic E-state index is 12.2. The molecule has 1 saturated heterocycles. The van der Waals surface area contributed by atoms with Crippen LogP contribution < -0.4 is 0 Å². The highest BCUT2D eigenvalue weighted by atomic mass is 28.4. The van der Waals surface area contributed by atoms with Crippen LogP contribution in [-0.2, 0) is 14.0 Å². The minimum absolute atomic E-state index is 0.0246. The van der Waals surface area contributed by atoms with E-state index < -0.39 is 8.32 Å². The fourth-order valence-corrected chi connectivity index (χ4v) is 5.66. The Balaban J connectivity index is 1.71. The minimum Gasteiger partial charge on any atom is -0.459 e. The van der Waals surface area contributed by atoms with Gasteiger partial charge in [-0.05, 0) is 42.8 Å². The second-order valence-corrected chi connectivity index (χ2v) is 13.9. The Bertz CT molecular complexity index is 453. The molecule has 21 heavy (non-hydrogen) atoms. The lowest BCUT2D eigenvalue weighted by molar-refractivity contribution is -0.148. The minimum atomic E-state index is -1.78. The van der Waals surface area contributed by atoms with E-state index in [1.807, 2.05) is 0 Å². The molecule has 0 amide bonds. The van der Waals surface area contributed by atoms with Crippen LogP contribution >= 0.6 is 0 Å². The lowest BCUT2D eigenvalue weighted by atomic mass is 9.48. The zero-order chi connectivity index (χ0) is 15.6. The van der Waals surface area contributed by atoms with Gasteiger partial charge in [-0.25, -0.2) is 0 Å². The van der Waals surface area contributed by atoms with Crippen LogP contribution in [0.4, 0.5) is 0 Å². The summed E-state index contributed by atoms with van der Waals surface area (Å²) < 4.78 is 12.1. The first-order chi connectivity index (χ1) is 9.59. The number of esters is 1. The summed E-state index contributed by atoms with van der Waals surface area (Å²) in [6, 6.07) is 0. The molecular weight excluding hydrogens is 280 g/mol. The number of hydrogen-bond acceptors (Lipinski definition) is 3. The summed E-state index contributed by atoms with van der Waals surface area (Å²) in [7, 11) is -1.78. The molecule has 5 atom stereocenters. The molecule has 3 rings (SSSR count). The van der Waals surface area contributed by atoms with Crippen LogP contribution in [0.25, 0.3) is 0 Å². The van der Waals surface area contributed by atoms with Crippen molar-refractivity contribution in [3.63, 3.8) is 0 Å². The van der Waals surface area contributed by atoms with Gasteiger partial charge in [-0.2, -0.15) is 0 Å². The number of ether oxygens (including phenoxy) is 1. The summed E-state index contributed by atoms with van der Waals surface area (Å²) >= 11 is 0. The highest BCUT2D eigenvalue weighted by Crippen LogP contribution is 2.68. The van der Waals surface area contributed by atoms with Crippen molar-refractivity contribution in [2.75, 3.05) is 6.61 Å². The first-order valence-corrected chi connectivity index (χ1v) is 11.3. The summed E-state index contributed by atoms with van der Waals surface area (Å²) in [6.07, 6.45) is 3.74. The summed E-state index contributed by atoms with van der Waals surface area (Å²) in [5.74, 6) is 1.48. The van der Waals surface area contributed by atoms with Gasteiger partial charge in [-0.1, -0.05) is 34.1 Å². The van der Waals surface area contributed by atoms with Crippen LogP contribution in [-0.4, -0.2) is 27.0 Å². The molecule has 0 unspecified atom stereocenters. The molecule has 4 heteroatoms. The van der Waals surface area contributed by atoms with E-state index in [9.17, 15) is 4.79 Å². The molecule has 0 aromatic heterocycles. The van der Waals surface area contributed by atoms with E-state index in [1.54, 1.807) is 0 Å². The number of cyclic esters (lactones) is 1. The van der Waals surface area contributed by atoms with Crippen LogP contribution in [0.3, 0.4) is 0 Å².